The molecule has 0 radical (unpaired) electrons. The second-order valence-electron chi connectivity index (χ2n) is 8.46. The quantitative estimate of drug-likeness (QED) is 0.533. The average molecular weight is 397 g/mol. The van der Waals surface area contributed by atoms with Crippen LogP contribution in [0.5, 0.6) is 0 Å². The van der Waals surface area contributed by atoms with Gasteiger partial charge in [-0.3, -0.25) is 9.89 Å². The summed E-state index contributed by atoms with van der Waals surface area (Å²) in [4.78, 5) is 7.77. The molecule has 0 spiro atoms. The third-order valence-corrected chi connectivity index (χ3v) is 7.99. The largest absolute Gasteiger partial charge is 0.381 e. The van der Waals surface area contributed by atoms with Crippen LogP contribution in [0.4, 0.5) is 0 Å². The zero-order valence-electron chi connectivity index (χ0n) is 17.5. The molecule has 27 heavy (non-hydrogen) atoms. The Bertz CT molecular complexity index is 461. The minimum absolute atomic E-state index is 0.251. The lowest BCUT2D eigenvalue weighted by molar-refractivity contribution is 0.0794. The summed E-state index contributed by atoms with van der Waals surface area (Å²) in [6.45, 7) is 8.17. The van der Waals surface area contributed by atoms with Gasteiger partial charge in [-0.25, -0.2) is 0 Å². The molecule has 6 heteroatoms. The van der Waals surface area contributed by atoms with Gasteiger partial charge in [0.1, 0.15) is 0 Å². The summed E-state index contributed by atoms with van der Waals surface area (Å²) < 4.78 is 5.82. The lowest BCUT2D eigenvalue weighted by atomic mass is 9.92. The van der Waals surface area contributed by atoms with E-state index in [0.29, 0.717) is 6.04 Å². The predicted octanol–water partition coefficient (Wildman–Crippen LogP) is 3.25. The van der Waals surface area contributed by atoms with Crippen molar-refractivity contribution in [2.24, 2.45) is 4.99 Å². The first-order valence-corrected chi connectivity index (χ1v) is 12.4. The Morgan fingerprint density at radius 1 is 1.15 bits per heavy atom. The maximum absolute atomic E-state index is 5.57. The molecule has 2 aliphatic heterocycles. The molecule has 0 aromatic carbocycles. The molecule has 0 bridgehead atoms. The third-order valence-electron chi connectivity index (χ3n) is 6.59. The van der Waals surface area contributed by atoms with E-state index in [9.17, 15) is 0 Å². The molecule has 5 nitrogen and oxygen atoms in total. The van der Waals surface area contributed by atoms with Gasteiger partial charge in [-0.2, -0.15) is 11.8 Å². The van der Waals surface area contributed by atoms with Crippen molar-refractivity contribution in [1.82, 2.24) is 15.5 Å². The Morgan fingerprint density at radius 3 is 2.63 bits per heavy atom. The van der Waals surface area contributed by atoms with Crippen molar-refractivity contribution >= 4 is 17.7 Å². The van der Waals surface area contributed by atoms with Crippen LogP contribution in [0, 0.1) is 0 Å². The Kier molecular flexibility index (Phi) is 8.59. The number of guanidine groups is 1. The van der Waals surface area contributed by atoms with Crippen molar-refractivity contribution in [3.63, 3.8) is 0 Å². The first kappa shape index (κ1) is 21.3. The molecule has 156 valence electrons. The van der Waals surface area contributed by atoms with Gasteiger partial charge in [0.25, 0.3) is 0 Å². The van der Waals surface area contributed by atoms with Gasteiger partial charge in [0.2, 0.25) is 0 Å². The molecule has 1 atom stereocenters. The molecule has 0 aromatic rings. The van der Waals surface area contributed by atoms with Crippen LogP contribution >= 0.6 is 11.8 Å². The van der Waals surface area contributed by atoms with E-state index in [2.05, 4.69) is 28.7 Å². The van der Waals surface area contributed by atoms with E-state index in [4.69, 9.17) is 9.73 Å². The van der Waals surface area contributed by atoms with Crippen molar-refractivity contribution in [3.05, 3.63) is 0 Å². The summed E-state index contributed by atoms with van der Waals surface area (Å²) in [6.07, 6.45) is 14.1. The summed E-state index contributed by atoms with van der Waals surface area (Å²) in [5.74, 6) is 1.01. The molecule has 2 N–H and O–H groups in total. The van der Waals surface area contributed by atoms with Gasteiger partial charge in [-0.15, -0.1) is 0 Å². The van der Waals surface area contributed by atoms with Crippen LogP contribution in [0.3, 0.4) is 0 Å². The Hall–Kier alpha value is -0.460. The van der Waals surface area contributed by atoms with Gasteiger partial charge in [0, 0.05) is 43.1 Å². The summed E-state index contributed by atoms with van der Waals surface area (Å²) in [5, 5.41) is 7.25. The average Bonchev–Trinajstić information content (AvgIpc) is 2.74. The van der Waals surface area contributed by atoms with E-state index in [1.807, 2.05) is 11.8 Å². The van der Waals surface area contributed by atoms with E-state index in [-0.39, 0.29) is 4.75 Å². The van der Waals surface area contributed by atoms with E-state index in [1.165, 1.54) is 58.0 Å². The zero-order valence-corrected chi connectivity index (χ0v) is 18.3. The minimum atomic E-state index is 0.251. The van der Waals surface area contributed by atoms with Crippen molar-refractivity contribution < 1.29 is 4.74 Å². The Morgan fingerprint density at radius 2 is 1.93 bits per heavy atom. The van der Waals surface area contributed by atoms with Crippen LogP contribution in [0.15, 0.2) is 4.99 Å². The molecule has 2 saturated heterocycles. The lowest BCUT2D eigenvalue weighted by Gasteiger charge is -2.40. The van der Waals surface area contributed by atoms with Crippen molar-refractivity contribution in [3.8, 4) is 0 Å². The predicted molar refractivity (Wildman–Crippen MR) is 117 cm³/mol. The summed E-state index contributed by atoms with van der Waals surface area (Å²) in [7, 11) is 0. The lowest BCUT2D eigenvalue weighted by Crippen LogP contribution is -2.54. The van der Waals surface area contributed by atoms with Crippen LogP contribution in [-0.2, 0) is 4.74 Å². The summed E-state index contributed by atoms with van der Waals surface area (Å²) in [6, 6.07) is 1.35. The zero-order chi connectivity index (χ0) is 19.0. The number of likely N-dealkylation sites (tertiary alicyclic amines) is 1. The molecule has 3 aliphatic rings. The number of ether oxygens (including phenoxy) is 1. The maximum atomic E-state index is 5.57. The van der Waals surface area contributed by atoms with E-state index in [1.54, 1.807) is 0 Å². The topological polar surface area (TPSA) is 48.9 Å². The van der Waals surface area contributed by atoms with E-state index in [0.717, 1.165) is 51.1 Å². The SMILES string of the molecule is CCNC(=NCC1(SC)CCOCC1)NC1CCCN(C2CCCCC2)C1. The molecule has 0 amide bonds. The van der Waals surface area contributed by atoms with E-state index >= 15 is 0 Å². The molecule has 3 fully saturated rings. The van der Waals surface area contributed by atoms with Crippen LogP contribution in [0.25, 0.3) is 0 Å². The highest BCUT2D eigenvalue weighted by Gasteiger charge is 2.32. The van der Waals surface area contributed by atoms with Crippen molar-refractivity contribution in [1.29, 1.82) is 0 Å². The molecule has 3 rings (SSSR count). The van der Waals surface area contributed by atoms with Gasteiger partial charge < -0.3 is 15.4 Å². The second-order valence-corrected chi connectivity index (χ2v) is 9.74. The first-order chi connectivity index (χ1) is 13.2. The van der Waals surface area contributed by atoms with Gasteiger partial charge in [-0.05, 0) is 58.2 Å². The molecule has 0 aromatic heterocycles. The fraction of sp³-hybridized carbons (Fsp3) is 0.952. The first-order valence-electron chi connectivity index (χ1n) is 11.2. The summed E-state index contributed by atoms with van der Waals surface area (Å²) >= 11 is 1.97. The number of nitrogens with one attached hydrogen (secondary N) is 2. The van der Waals surface area contributed by atoms with Gasteiger partial charge in [0.05, 0.1) is 6.54 Å². The number of hydrogen-bond acceptors (Lipinski definition) is 4. The fourth-order valence-corrected chi connectivity index (χ4v) is 5.58. The monoisotopic (exact) mass is 396 g/mol. The van der Waals surface area contributed by atoms with Crippen LogP contribution in [-0.4, -0.2) is 73.3 Å². The number of aliphatic imine (C=N–C) groups is 1. The molecular weight excluding hydrogens is 356 g/mol. The third kappa shape index (κ3) is 6.26. The number of hydrogen-bond donors (Lipinski definition) is 2. The Labute approximate surface area is 170 Å². The standard InChI is InChI=1S/C21H40N4OS/c1-3-22-20(23-17-21(27-2)11-14-26-15-12-21)24-18-8-7-13-25(16-18)19-9-5-4-6-10-19/h18-19H,3-17H2,1-2H3,(H2,22,23,24). The Balaban J connectivity index is 1.56. The molecular formula is C21H40N4OS. The number of piperidine rings is 1. The normalized spacial score (nSPS) is 28.1. The van der Waals surface area contributed by atoms with Crippen LogP contribution in [0.2, 0.25) is 0 Å². The summed E-state index contributed by atoms with van der Waals surface area (Å²) in [5.41, 5.74) is 0. The van der Waals surface area contributed by atoms with Gasteiger partial charge in [0.15, 0.2) is 5.96 Å². The maximum Gasteiger partial charge on any atom is 0.191 e. The highest BCUT2D eigenvalue weighted by atomic mass is 32.2. The minimum Gasteiger partial charge on any atom is -0.381 e. The van der Waals surface area contributed by atoms with Crippen LogP contribution in [0.1, 0.15) is 64.7 Å². The van der Waals surface area contributed by atoms with E-state index < -0.39 is 0 Å². The van der Waals surface area contributed by atoms with Crippen LogP contribution < -0.4 is 10.6 Å². The number of rotatable bonds is 6. The molecule has 1 unspecified atom stereocenters. The highest BCUT2D eigenvalue weighted by Crippen LogP contribution is 2.34. The van der Waals surface area contributed by atoms with Gasteiger partial charge >= 0.3 is 0 Å². The highest BCUT2D eigenvalue weighted by molar-refractivity contribution is 8.00. The van der Waals surface area contributed by atoms with Crippen molar-refractivity contribution in [2.45, 2.75) is 81.5 Å². The van der Waals surface area contributed by atoms with Gasteiger partial charge in [-0.1, -0.05) is 19.3 Å². The fourth-order valence-electron chi connectivity index (χ4n) is 4.81. The second kappa shape index (κ2) is 10.9. The number of nitrogens with zero attached hydrogens (tertiary/aromatic N) is 2. The molecule has 1 aliphatic carbocycles. The molecule has 1 saturated carbocycles. The molecule has 2 heterocycles. The van der Waals surface area contributed by atoms with Crippen molar-refractivity contribution in [2.75, 3.05) is 45.6 Å². The smallest absolute Gasteiger partial charge is 0.191 e. The number of thioether (sulfide) groups is 1.